The molecule has 2 aromatic heterocycles. The lowest BCUT2D eigenvalue weighted by molar-refractivity contribution is -0.0280. The predicted octanol–water partition coefficient (Wildman–Crippen LogP) is 1.78. The van der Waals surface area contributed by atoms with Gasteiger partial charge in [0.15, 0.2) is 5.82 Å². The summed E-state index contributed by atoms with van der Waals surface area (Å²) >= 11 is 1.40. The summed E-state index contributed by atoms with van der Waals surface area (Å²) in [6.07, 6.45) is 1.39. The molecule has 0 spiro atoms. The lowest BCUT2D eigenvalue weighted by Crippen LogP contribution is -2.43. The van der Waals surface area contributed by atoms with Crippen LogP contribution in [-0.4, -0.2) is 50.3 Å². The van der Waals surface area contributed by atoms with Gasteiger partial charge >= 0.3 is 0 Å². The van der Waals surface area contributed by atoms with Crippen molar-refractivity contribution in [3.05, 3.63) is 28.2 Å². The van der Waals surface area contributed by atoms with Crippen molar-refractivity contribution in [2.75, 3.05) is 19.7 Å². The average molecular weight is 335 g/mol. The zero-order valence-electron chi connectivity index (χ0n) is 13.8. The van der Waals surface area contributed by atoms with Gasteiger partial charge in [0.2, 0.25) is 0 Å². The van der Waals surface area contributed by atoms with E-state index < -0.39 is 0 Å². The summed E-state index contributed by atoms with van der Waals surface area (Å²) in [6, 6.07) is 0. The number of thiazole rings is 1. The molecule has 0 aromatic carbocycles. The molecule has 1 amide bonds. The number of rotatable bonds is 2. The number of amides is 1. The van der Waals surface area contributed by atoms with Gasteiger partial charge in [0, 0.05) is 19.0 Å². The number of ether oxygens (including phenoxy) is 1. The lowest BCUT2D eigenvalue weighted by Gasteiger charge is -2.32. The number of aromatic nitrogens is 4. The normalized spacial score (nSPS) is 19.1. The summed E-state index contributed by atoms with van der Waals surface area (Å²) in [5, 5.41) is 7.98. The Morgan fingerprint density at radius 2 is 2.22 bits per heavy atom. The van der Waals surface area contributed by atoms with Crippen molar-refractivity contribution in [3.63, 3.8) is 0 Å². The monoisotopic (exact) mass is 335 g/mol. The maximum Gasteiger partial charge on any atom is 0.266 e. The Kier molecular flexibility index (Phi) is 4.20. The number of hydrogen-bond acceptors (Lipinski definition) is 6. The van der Waals surface area contributed by atoms with E-state index in [-0.39, 0.29) is 17.4 Å². The molecular formula is C15H21N5O2S. The maximum absolute atomic E-state index is 12.9. The number of aryl methyl sites for hydroxylation is 1. The Bertz CT molecular complexity index is 703. The second kappa shape index (κ2) is 6.01. The fourth-order valence-electron chi connectivity index (χ4n) is 2.65. The van der Waals surface area contributed by atoms with Crippen molar-refractivity contribution >= 4 is 17.2 Å². The van der Waals surface area contributed by atoms with Gasteiger partial charge in [0.25, 0.3) is 5.91 Å². The fraction of sp³-hybridized carbons (Fsp3) is 0.600. The highest BCUT2D eigenvalue weighted by Crippen LogP contribution is 2.29. The van der Waals surface area contributed by atoms with Crippen molar-refractivity contribution in [1.29, 1.82) is 0 Å². The molecule has 8 heteroatoms. The molecule has 23 heavy (non-hydrogen) atoms. The molecule has 3 rings (SSSR count). The van der Waals surface area contributed by atoms with E-state index in [1.165, 1.54) is 11.3 Å². The van der Waals surface area contributed by atoms with Crippen LogP contribution in [0.5, 0.6) is 0 Å². The van der Waals surface area contributed by atoms with E-state index in [2.05, 4.69) is 36.0 Å². The zero-order chi connectivity index (χ0) is 16.6. The summed E-state index contributed by atoms with van der Waals surface area (Å²) in [5.74, 6) is 0.760. The minimum Gasteiger partial charge on any atom is -0.366 e. The molecule has 0 N–H and O–H groups in total. The third-order valence-electron chi connectivity index (χ3n) is 3.86. The molecule has 0 aliphatic carbocycles. The first-order valence-electron chi connectivity index (χ1n) is 7.56. The number of nitrogens with zero attached hydrogens (tertiary/aromatic N) is 5. The van der Waals surface area contributed by atoms with Crippen molar-refractivity contribution < 1.29 is 9.53 Å². The summed E-state index contributed by atoms with van der Waals surface area (Å²) in [4.78, 5) is 19.9. The molecule has 124 valence electrons. The van der Waals surface area contributed by atoms with E-state index in [9.17, 15) is 4.79 Å². The molecule has 1 saturated heterocycles. The molecule has 0 radical (unpaired) electrons. The van der Waals surface area contributed by atoms with E-state index in [4.69, 9.17) is 4.74 Å². The van der Waals surface area contributed by atoms with E-state index in [0.717, 1.165) is 16.4 Å². The van der Waals surface area contributed by atoms with Crippen LogP contribution in [0.2, 0.25) is 0 Å². The average Bonchev–Trinajstić information content (AvgIpc) is 3.14. The van der Waals surface area contributed by atoms with Crippen LogP contribution in [0.25, 0.3) is 0 Å². The van der Waals surface area contributed by atoms with Gasteiger partial charge in [-0.15, -0.1) is 21.5 Å². The van der Waals surface area contributed by atoms with Crippen LogP contribution >= 0.6 is 11.3 Å². The number of carbonyl (C=O) groups is 1. The predicted molar refractivity (Wildman–Crippen MR) is 86.4 cm³/mol. The minimum atomic E-state index is -0.244. The quantitative estimate of drug-likeness (QED) is 0.836. The number of hydrogen-bond donors (Lipinski definition) is 0. The molecule has 7 nitrogen and oxygen atoms in total. The van der Waals surface area contributed by atoms with Crippen LogP contribution in [0, 0.1) is 0 Å². The summed E-state index contributed by atoms with van der Waals surface area (Å²) < 4.78 is 7.59. The van der Waals surface area contributed by atoms with Gasteiger partial charge in [0.1, 0.15) is 17.3 Å². The Labute approximate surface area is 139 Å². The van der Waals surface area contributed by atoms with Crippen LogP contribution in [-0.2, 0) is 17.2 Å². The first kappa shape index (κ1) is 16.1. The van der Waals surface area contributed by atoms with Gasteiger partial charge in [0.05, 0.1) is 24.4 Å². The van der Waals surface area contributed by atoms with Gasteiger partial charge in [-0.3, -0.25) is 4.79 Å². The summed E-state index contributed by atoms with van der Waals surface area (Å²) in [7, 11) is 1.88. The highest BCUT2D eigenvalue weighted by atomic mass is 32.1. The minimum absolute atomic E-state index is 0.0212. The molecule has 0 unspecified atom stereocenters. The van der Waals surface area contributed by atoms with Gasteiger partial charge < -0.3 is 14.2 Å². The topological polar surface area (TPSA) is 73.1 Å². The van der Waals surface area contributed by atoms with Crippen LogP contribution in [0.15, 0.2) is 11.8 Å². The van der Waals surface area contributed by atoms with E-state index in [0.29, 0.717) is 19.7 Å². The lowest BCUT2D eigenvalue weighted by atomic mass is 9.91. The smallest absolute Gasteiger partial charge is 0.266 e. The third-order valence-corrected chi connectivity index (χ3v) is 4.67. The molecule has 1 aliphatic heterocycles. The van der Waals surface area contributed by atoms with Crippen LogP contribution in [0.3, 0.4) is 0 Å². The molecule has 0 saturated carbocycles. The zero-order valence-corrected chi connectivity index (χ0v) is 14.6. The van der Waals surface area contributed by atoms with Gasteiger partial charge in [-0.2, -0.15) is 0 Å². The van der Waals surface area contributed by atoms with Gasteiger partial charge in [-0.25, -0.2) is 4.98 Å². The Balaban J connectivity index is 1.81. The Morgan fingerprint density at radius 1 is 1.43 bits per heavy atom. The maximum atomic E-state index is 12.9. The van der Waals surface area contributed by atoms with Crippen molar-refractivity contribution in [1.82, 2.24) is 24.6 Å². The summed E-state index contributed by atoms with van der Waals surface area (Å²) in [6.45, 7) is 7.76. The van der Waals surface area contributed by atoms with Crippen molar-refractivity contribution in [2.24, 2.45) is 7.05 Å². The number of carbonyl (C=O) groups excluding carboxylic acids is 1. The summed E-state index contributed by atoms with van der Waals surface area (Å²) in [5.41, 5.74) is 2.45. The molecule has 1 fully saturated rings. The van der Waals surface area contributed by atoms with E-state index in [1.54, 1.807) is 11.8 Å². The van der Waals surface area contributed by atoms with Crippen LogP contribution in [0.4, 0.5) is 0 Å². The molecular weight excluding hydrogens is 314 g/mol. The second-order valence-corrected chi connectivity index (χ2v) is 7.55. The Hall–Kier alpha value is -1.80. The van der Waals surface area contributed by atoms with E-state index in [1.807, 2.05) is 16.5 Å². The van der Waals surface area contributed by atoms with Gasteiger partial charge in [-0.05, 0) is 0 Å². The van der Waals surface area contributed by atoms with Crippen LogP contribution in [0.1, 0.15) is 48.1 Å². The van der Waals surface area contributed by atoms with Crippen molar-refractivity contribution in [3.8, 4) is 0 Å². The van der Waals surface area contributed by atoms with E-state index >= 15 is 0 Å². The molecule has 2 aromatic rings. The first-order chi connectivity index (χ1) is 10.9. The first-order valence-corrected chi connectivity index (χ1v) is 8.44. The Morgan fingerprint density at radius 3 is 2.87 bits per heavy atom. The highest BCUT2D eigenvalue weighted by Gasteiger charge is 2.32. The SMILES string of the molecule is Cn1cnnc1[C@@H]1CN(C(=O)c2scnc2C(C)(C)C)CCO1. The molecule has 3 heterocycles. The van der Waals surface area contributed by atoms with Crippen molar-refractivity contribution in [2.45, 2.75) is 32.3 Å². The highest BCUT2D eigenvalue weighted by molar-refractivity contribution is 7.11. The third kappa shape index (κ3) is 3.13. The van der Waals surface area contributed by atoms with Gasteiger partial charge in [-0.1, -0.05) is 20.8 Å². The molecule has 1 atom stereocenters. The second-order valence-electron chi connectivity index (χ2n) is 6.69. The molecule has 0 bridgehead atoms. The largest absolute Gasteiger partial charge is 0.366 e. The fourth-order valence-corrected chi connectivity index (χ4v) is 3.61. The standard InChI is InChI=1S/C15H21N5O2S/c1-15(2,3)12-11(23-9-16-12)14(21)20-5-6-22-10(7-20)13-18-17-8-19(13)4/h8-10H,5-7H2,1-4H3/t10-/m0/s1. The molecule has 1 aliphatic rings. The number of morpholine rings is 1. The van der Waals surface area contributed by atoms with Crippen LogP contribution < -0.4 is 0 Å².